The van der Waals surface area contributed by atoms with Crippen LogP contribution in [0, 0.1) is 5.92 Å². The summed E-state index contributed by atoms with van der Waals surface area (Å²) in [5.41, 5.74) is 2.86. The molecule has 2 aliphatic carbocycles. The minimum atomic E-state index is -0.206. The van der Waals surface area contributed by atoms with Gasteiger partial charge in [0.05, 0.1) is 12.1 Å². The Kier molecular flexibility index (Phi) is 4.38. The second-order valence-corrected chi connectivity index (χ2v) is 7.17. The van der Waals surface area contributed by atoms with E-state index < -0.39 is 0 Å². The summed E-state index contributed by atoms with van der Waals surface area (Å²) >= 11 is 0. The third-order valence-corrected chi connectivity index (χ3v) is 5.15. The molecule has 7 heteroatoms. The van der Waals surface area contributed by atoms with Crippen LogP contribution in [-0.4, -0.2) is 32.8 Å². The van der Waals surface area contributed by atoms with Crippen molar-refractivity contribution in [2.75, 3.05) is 6.54 Å². The van der Waals surface area contributed by atoms with Crippen molar-refractivity contribution in [1.82, 2.24) is 30.8 Å². The maximum Gasteiger partial charge on any atom is 0.315 e. The molecule has 0 bridgehead atoms. The quantitative estimate of drug-likeness (QED) is 0.874. The van der Waals surface area contributed by atoms with Gasteiger partial charge >= 0.3 is 6.03 Å². The summed E-state index contributed by atoms with van der Waals surface area (Å²) in [7, 11) is 0. The number of fused-ring (bicyclic) bond motifs is 1. The van der Waals surface area contributed by atoms with Crippen LogP contribution < -0.4 is 10.6 Å². The van der Waals surface area contributed by atoms with Crippen LogP contribution in [0.5, 0.6) is 0 Å². The van der Waals surface area contributed by atoms with E-state index in [0.29, 0.717) is 18.5 Å². The average Bonchev–Trinajstić information content (AvgIpc) is 3.36. The van der Waals surface area contributed by atoms with Gasteiger partial charge in [0.25, 0.3) is 0 Å². The first-order valence-corrected chi connectivity index (χ1v) is 9.09. The highest BCUT2D eigenvalue weighted by Crippen LogP contribution is 2.35. The normalized spacial score (nSPS) is 20.6. The molecule has 0 aliphatic heterocycles. The molecule has 0 spiro atoms. The Hall–Kier alpha value is -2.44. The predicted molar refractivity (Wildman–Crippen MR) is 93.0 cm³/mol. The lowest BCUT2D eigenvalue weighted by Gasteiger charge is -2.25. The second-order valence-electron chi connectivity index (χ2n) is 7.17. The van der Waals surface area contributed by atoms with E-state index in [-0.39, 0.29) is 12.1 Å². The third kappa shape index (κ3) is 3.65. The lowest BCUT2D eigenvalue weighted by Crippen LogP contribution is -2.41. The van der Waals surface area contributed by atoms with Crippen molar-refractivity contribution >= 4 is 6.03 Å². The number of aryl methyl sites for hydroxylation is 1. The Bertz CT molecular complexity index is 754. The maximum atomic E-state index is 12.2. The standard InChI is InChI=1S/C18H24N6O/c1-12(17-21-22-23-24(17)16-8-9-16)20-18(25)19-11-13-6-7-14-4-2-3-5-15(14)10-13/h2-5,12-13,16H,6-11H2,1H3,(H2,19,20,25)/t12-,13-/m1/s1. The van der Waals surface area contributed by atoms with Crippen LogP contribution >= 0.6 is 0 Å². The van der Waals surface area contributed by atoms with Gasteiger partial charge in [-0.2, -0.15) is 0 Å². The molecular weight excluding hydrogens is 316 g/mol. The molecular formula is C18H24N6O. The highest BCUT2D eigenvalue weighted by atomic mass is 16.2. The number of benzene rings is 1. The zero-order valence-electron chi connectivity index (χ0n) is 14.5. The number of aromatic nitrogens is 4. The van der Waals surface area contributed by atoms with Crippen LogP contribution in [0.25, 0.3) is 0 Å². The number of amides is 2. The summed E-state index contributed by atoms with van der Waals surface area (Å²) in [6.07, 6.45) is 5.47. The molecule has 1 fully saturated rings. The molecule has 7 nitrogen and oxygen atoms in total. The Morgan fingerprint density at radius 1 is 1.28 bits per heavy atom. The van der Waals surface area contributed by atoms with Gasteiger partial charge < -0.3 is 10.6 Å². The Balaban J connectivity index is 1.27. The lowest BCUT2D eigenvalue weighted by atomic mass is 9.84. The molecule has 0 unspecified atom stereocenters. The minimum absolute atomic E-state index is 0.156. The molecule has 2 atom stereocenters. The van der Waals surface area contributed by atoms with Gasteiger partial charge in [0.2, 0.25) is 0 Å². The molecule has 2 N–H and O–H groups in total. The van der Waals surface area contributed by atoms with E-state index in [4.69, 9.17) is 0 Å². The fourth-order valence-electron chi connectivity index (χ4n) is 3.56. The Morgan fingerprint density at radius 2 is 2.08 bits per heavy atom. The topological polar surface area (TPSA) is 84.7 Å². The monoisotopic (exact) mass is 340 g/mol. The van der Waals surface area contributed by atoms with Gasteiger partial charge in [0.1, 0.15) is 0 Å². The van der Waals surface area contributed by atoms with Crippen molar-refractivity contribution in [3.05, 3.63) is 41.2 Å². The molecule has 132 valence electrons. The largest absolute Gasteiger partial charge is 0.338 e. The van der Waals surface area contributed by atoms with Crippen molar-refractivity contribution in [3.63, 3.8) is 0 Å². The number of carbonyl (C=O) groups is 1. The van der Waals surface area contributed by atoms with Crippen molar-refractivity contribution in [1.29, 1.82) is 0 Å². The summed E-state index contributed by atoms with van der Waals surface area (Å²) in [5, 5.41) is 17.8. The van der Waals surface area contributed by atoms with Crippen LogP contribution in [0.4, 0.5) is 4.79 Å². The summed E-state index contributed by atoms with van der Waals surface area (Å²) in [4.78, 5) is 12.2. The van der Waals surface area contributed by atoms with Crippen LogP contribution in [0.15, 0.2) is 24.3 Å². The van der Waals surface area contributed by atoms with Gasteiger partial charge in [-0.3, -0.25) is 0 Å². The van der Waals surface area contributed by atoms with Crippen LogP contribution in [0.3, 0.4) is 0 Å². The van der Waals surface area contributed by atoms with E-state index in [2.05, 4.69) is 50.4 Å². The third-order valence-electron chi connectivity index (χ3n) is 5.15. The van der Waals surface area contributed by atoms with Crippen LogP contribution in [0.2, 0.25) is 0 Å². The van der Waals surface area contributed by atoms with Crippen molar-refractivity contribution in [2.24, 2.45) is 5.92 Å². The van der Waals surface area contributed by atoms with E-state index in [0.717, 1.165) is 37.9 Å². The molecule has 1 saturated carbocycles. The number of rotatable bonds is 5. The highest BCUT2D eigenvalue weighted by molar-refractivity contribution is 5.74. The SMILES string of the molecule is C[C@@H](NC(=O)NC[C@@H]1CCc2ccccc2C1)c1nnnn1C1CC1. The lowest BCUT2D eigenvalue weighted by molar-refractivity contribution is 0.234. The van der Waals surface area contributed by atoms with E-state index in [1.807, 2.05) is 11.6 Å². The molecule has 2 aliphatic rings. The molecule has 1 aromatic heterocycles. The Morgan fingerprint density at radius 3 is 2.88 bits per heavy atom. The van der Waals surface area contributed by atoms with Crippen molar-refractivity contribution in [2.45, 2.75) is 51.1 Å². The first-order chi connectivity index (χ1) is 12.2. The van der Waals surface area contributed by atoms with Crippen LogP contribution in [-0.2, 0) is 12.8 Å². The highest BCUT2D eigenvalue weighted by Gasteiger charge is 2.30. The first-order valence-electron chi connectivity index (χ1n) is 9.09. The summed E-state index contributed by atoms with van der Waals surface area (Å²) in [6, 6.07) is 8.63. The Labute approximate surface area is 147 Å². The number of nitrogens with zero attached hydrogens (tertiary/aromatic N) is 4. The average molecular weight is 340 g/mol. The molecule has 1 aromatic carbocycles. The van der Waals surface area contributed by atoms with E-state index in [1.54, 1.807) is 0 Å². The van der Waals surface area contributed by atoms with Gasteiger partial charge in [-0.25, -0.2) is 9.48 Å². The number of hydrogen-bond donors (Lipinski definition) is 2. The summed E-state index contributed by atoms with van der Waals surface area (Å²) < 4.78 is 1.84. The predicted octanol–water partition coefficient (Wildman–Crippen LogP) is 2.17. The molecule has 0 radical (unpaired) electrons. The minimum Gasteiger partial charge on any atom is -0.338 e. The number of urea groups is 1. The molecule has 2 aromatic rings. The van der Waals surface area contributed by atoms with Crippen molar-refractivity contribution in [3.8, 4) is 0 Å². The number of hydrogen-bond acceptors (Lipinski definition) is 4. The number of nitrogens with one attached hydrogen (secondary N) is 2. The second kappa shape index (κ2) is 6.82. The van der Waals surface area contributed by atoms with Gasteiger partial charge in [-0.15, -0.1) is 5.10 Å². The van der Waals surface area contributed by atoms with E-state index in [9.17, 15) is 4.79 Å². The van der Waals surface area contributed by atoms with Crippen LogP contribution in [0.1, 0.15) is 55.2 Å². The molecule has 2 amide bonds. The number of carbonyl (C=O) groups excluding carboxylic acids is 1. The zero-order chi connectivity index (χ0) is 17.2. The molecule has 1 heterocycles. The van der Waals surface area contributed by atoms with Gasteiger partial charge in [0, 0.05) is 6.54 Å². The molecule has 25 heavy (non-hydrogen) atoms. The van der Waals surface area contributed by atoms with Gasteiger partial charge in [0.15, 0.2) is 5.82 Å². The number of tetrazole rings is 1. The summed E-state index contributed by atoms with van der Waals surface area (Å²) in [5.74, 6) is 1.22. The van der Waals surface area contributed by atoms with Gasteiger partial charge in [-0.05, 0) is 66.5 Å². The smallest absolute Gasteiger partial charge is 0.315 e. The van der Waals surface area contributed by atoms with E-state index in [1.165, 1.54) is 11.1 Å². The first kappa shape index (κ1) is 16.1. The molecule has 0 saturated heterocycles. The summed E-state index contributed by atoms with van der Waals surface area (Å²) in [6.45, 7) is 2.61. The fourth-order valence-corrected chi connectivity index (χ4v) is 3.56. The molecule has 4 rings (SSSR count). The zero-order valence-corrected chi connectivity index (χ0v) is 14.5. The maximum absolute atomic E-state index is 12.2. The van der Waals surface area contributed by atoms with E-state index >= 15 is 0 Å². The van der Waals surface area contributed by atoms with Gasteiger partial charge in [-0.1, -0.05) is 24.3 Å². The fraction of sp³-hybridized carbons (Fsp3) is 0.556. The van der Waals surface area contributed by atoms with Crippen molar-refractivity contribution < 1.29 is 4.79 Å².